The maximum atomic E-state index is 9.09. The third kappa shape index (κ3) is 2.98. The lowest BCUT2D eigenvalue weighted by molar-refractivity contribution is 0.127. The van der Waals surface area contributed by atoms with Gasteiger partial charge in [0.15, 0.2) is 0 Å². The van der Waals surface area contributed by atoms with Gasteiger partial charge in [0.2, 0.25) is 0 Å². The van der Waals surface area contributed by atoms with Gasteiger partial charge < -0.3 is 5.11 Å². The highest BCUT2D eigenvalue weighted by molar-refractivity contribution is 4.76. The Morgan fingerprint density at radius 1 is 1.15 bits per heavy atom. The molecular formula is C12H24O. The number of aliphatic hydroxyl groups is 1. The lowest BCUT2D eigenvalue weighted by atomic mass is 9.73. The first-order valence-corrected chi connectivity index (χ1v) is 5.76. The van der Waals surface area contributed by atoms with Crippen LogP contribution in [0, 0.1) is 23.7 Å². The van der Waals surface area contributed by atoms with Gasteiger partial charge in [0.1, 0.15) is 0 Å². The van der Waals surface area contributed by atoms with E-state index in [1.54, 1.807) is 0 Å². The van der Waals surface area contributed by atoms with Crippen molar-refractivity contribution in [2.45, 2.75) is 46.5 Å². The van der Waals surface area contributed by atoms with Crippen molar-refractivity contribution < 1.29 is 5.11 Å². The average Bonchev–Trinajstić information content (AvgIpc) is 2.17. The van der Waals surface area contributed by atoms with E-state index in [9.17, 15) is 0 Å². The minimum atomic E-state index is 0.354. The van der Waals surface area contributed by atoms with E-state index in [0.717, 1.165) is 11.8 Å². The minimum Gasteiger partial charge on any atom is -0.396 e. The molecule has 1 rings (SSSR count). The lowest BCUT2D eigenvalue weighted by Crippen LogP contribution is -2.25. The fourth-order valence-electron chi connectivity index (χ4n) is 2.44. The summed E-state index contributed by atoms with van der Waals surface area (Å²) in [6, 6.07) is 0. The first-order chi connectivity index (χ1) is 6.15. The van der Waals surface area contributed by atoms with Gasteiger partial charge in [-0.1, -0.05) is 33.6 Å². The maximum Gasteiger partial charge on any atom is 0.0459 e. The van der Waals surface area contributed by atoms with Crippen molar-refractivity contribution in [3.8, 4) is 0 Å². The van der Waals surface area contributed by atoms with E-state index in [-0.39, 0.29) is 0 Å². The first kappa shape index (κ1) is 11.0. The molecule has 1 fully saturated rings. The second kappa shape index (κ2) is 4.99. The normalized spacial score (nSPS) is 34.2. The van der Waals surface area contributed by atoms with Crippen molar-refractivity contribution in [3.05, 3.63) is 0 Å². The van der Waals surface area contributed by atoms with Crippen molar-refractivity contribution in [2.24, 2.45) is 23.7 Å². The third-order valence-corrected chi connectivity index (χ3v) is 3.99. The summed E-state index contributed by atoms with van der Waals surface area (Å²) in [5.74, 6) is 3.00. The standard InChI is InChI=1S/C12H24O/c1-9-4-6-12(7-5-9)11(3)10(2)8-13/h9-13H,4-8H2,1-3H3. The van der Waals surface area contributed by atoms with Crippen LogP contribution in [0.1, 0.15) is 46.5 Å². The molecule has 0 aromatic carbocycles. The molecule has 0 aliphatic heterocycles. The molecular weight excluding hydrogens is 160 g/mol. The van der Waals surface area contributed by atoms with Gasteiger partial charge in [0.05, 0.1) is 0 Å². The van der Waals surface area contributed by atoms with E-state index in [4.69, 9.17) is 5.11 Å². The highest BCUT2D eigenvalue weighted by Crippen LogP contribution is 2.35. The average molecular weight is 184 g/mol. The van der Waals surface area contributed by atoms with Crippen molar-refractivity contribution in [3.63, 3.8) is 0 Å². The number of aliphatic hydroxyl groups excluding tert-OH is 1. The molecule has 0 spiro atoms. The van der Waals surface area contributed by atoms with Gasteiger partial charge >= 0.3 is 0 Å². The first-order valence-electron chi connectivity index (χ1n) is 5.76. The van der Waals surface area contributed by atoms with E-state index >= 15 is 0 Å². The molecule has 0 aromatic rings. The Morgan fingerprint density at radius 3 is 2.15 bits per heavy atom. The van der Waals surface area contributed by atoms with Crippen LogP contribution in [-0.4, -0.2) is 11.7 Å². The van der Waals surface area contributed by atoms with Gasteiger partial charge in [-0.15, -0.1) is 0 Å². The van der Waals surface area contributed by atoms with Crippen LogP contribution in [0.3, 0.4) is 0 Å². The van der Waals surface area contributed by atoms with Crippen LogP contribution in [0.4, 0.5) is 0 Å². The molecule has 1 N–H and O–H groups in total. The summed E-state index contributed by atoms with van der Waals surface area (Å²) < 4.78 is 0. The van der Waals surface area contributed by atoms with Gasteiger partial charge in [0, 0.05) is 6.61 Å². The predicted molar refractivity (Wildman–Crippen MR) is 56.5 cm³/mol. The third-order valence-electron chi connectivity index (χ3n) is 3.99. The Balaban J connectivity index is 2.35. The molecule has 0 radical (unpaired) electrons. The van der Waals surface area contributed by atoms with E-state index in [2.05, 4.69) is 20.8 Å². The lowest BCUT2D eigenvalue weighted by Gasteiger charge is -2.33. The van der Waals surface area contributed by atoms with Crippen molar-refractivity contribution in [1.82, 2.24) is 0 Å². The molecule has 78 valence electrons. The molecule has 1 aliphatic carbocycles. The number of rotatable bonds is 3. The van der Waals surface area contributed by atoms with Crippen molar-refractivity contribution in [1.29, 1.82) is 0 Å². The summed E-state index contributed by atoms with van der Waals surface area (Å²) in [5, 5.41) is 9.09. The monoisotopic (exact) mass is 184 g/mol. The molecule has 1 aliphatic rings. The summed E-state index contributed by atoms with van der Waals surface area (Å²) >= 11 is 0. The molecule has 0 bridgehead atoms. The second-order valence-corrected chi connectivity index (χ2v) is 5.04. The number of hydrogen-bond acceptors (Lipinski definition) is 1. The van der Waals surface area contributed by atoms with Crippen LogP contribution in [-0.2, 0) is 0 Å². The van der Waals surface area contributed by atoms with Crippen LogP contribution in [0.2, 0.25) is 0 Å². The topological polar surface area (TPSA) is 20.2 Å². The second-order valence-electron chi connectivity index (χ2n) is 5.04. The van der Waals surface area contributed by atoms with Crippen molar-refractivity contribution >= 4 is 0 Å². The molecule has 1 saturated carbocycles. The highest BCUT2D eigenvalue weighted by atomic mass is 16.3. The zero-order valence-electron chi connectivity index (χ0n) is 9.29. The Bertz CT molecular complexity index is 136. The molecule has 0 aromatic heterocycles. The smallest absolute Gasteiger partial charge is 0.0459 e. The molecule has 0 saturated heterocycles. The SMILES string of the molecule is CC1CCC(C(C)C(C)CO)CC1. The predicted octanol–water partition coefficient (Wildman–Crippen LogP) is 3.08. The van der Waals surface area contributed by atoms with Gasteiger partial charge in [-0.3, -0.25) is 0 Å². The summed E-state index contributed by atoms with van der Waals surface area (Å²) in [6.07, 6.45) is 5.56. The Hall–Kier alpha value is -0.0400. The fraction of sp³-hybridized carbons (Fsp3) is 1.00. The summed E-state index contributed by atoms with van der Waals surface area (Å²) in [7, 11) is 0. The van der Waals surface area contributed by atoms with Crippen LogP contribution in [0.15, 0.2) is 0 Å². The largest absolute Gasteiger partial charge is 0.396 e. The van der Waals surface area contributed by atoms with E-state index < -0.39 is 0 Å². The van der Waals surface area contributed by atoms with Gasteiger partial charge in [0.25, 0.3) is 0 Å². The van der Waals surface area contributed by atoms with Gasteiger partial charge in [-0.05, 0) is 36.5 Å². The highest BCUT2D eigenvalue weighted by Gasteiger charge is 2.25. The molecule has 0 amide bonds. The zero-order valence-corrected chi connectivity index (χ0v) is 9.29. The summed E-state index contributed by atoms with van der Waals surface area (Å²) in [6.45, 7) is 7.19. The van der Waals surface area contributed by atoms with Crippen LogP contribution < -0.4 is 0 Å². The minimum absolute atomic E-state index is 0.354. The molecule has 1 nitrogen and oxygen atoms in total. The van der Waals surface area contributed by atoms with Gasteiger partial charge in [-0.25, -0.2) is 0 Å². The Kier molecular flexibility index (Phi) is 4.24. The summed E-state index contributed by atoms with van der Waals surface area (Å²) in [4.78, 5) is 0. The quantitative estimate of drug-likeness (QED) is 0.714. The van der Waals surface area contributed by atoms with Crippen molar-refractivity contribution in [2.75, 3.05) is 6.61 Å². The zero-order chi connectivity index (χ0) is 9.84. The van der Waals surface area contributed by atoms with Crippen LogP contribution in [0.5, 0.6) is 0 Å². The Labute approximate surface area is 82.5 Å². The molecule has 0 heterocycles. The van der Waals surface area contributed by atoms with Crippen LogP contribution >= 0.6 is 0 Å². The fourth-order valence-corrected chi connectivity index (χ4v) is 2.44. The summed E-state index contributed by atoms with van der Waals surface area (Å²) in [5.41, 5.74) is 0. The van der Waals surface area contributed by atoms with E-state index in [1.807, 2.05) is 0 Å². The number of hydrogen-bond donors (Lipinski definition) is 1. The van der Waals surface area contributed by atoms with E-state index in [0.29, 0.717) is 18.4 Å². The van der Waals surface area contributed by atoms with E-state index in [1.165, 1.54) is 25.7 Å². The molecule has 2 atom stereocenters. The Morgan fingerprint density at radius 2 is 1.69 bits per heavy atom. The molecule has 13 heavy (non-hydrogen) atoms. The molecule has 1 heteroatoms. The maximum absolute atomic E-state index is 9.09. The molecule has 2 unspecified atom stereocenters. The van der Waals surface area contributed by atoms with Crippen LogP contribution in [0.25, 0.3) is 0 Å². The van der Waals surface area contributed by atoms with Gasteiger partial charge in [-0.2, -0.15) is 0 Å².